The van der Waals surface area contributed by atoms with E-state index >= 15 is 0 Å². The molecule has 0 radical (unpaired) electrons. The van der Waals surface area contributed by atoms with Crippen molar-refractivity contribution in [2.45, 2.75) is 44.2 Å². The van der Waals surface area contributed by atoms with Gasteiger partial charge in [0.1, 0.15) is 29.7 Å². The summed E-state index contributed by atoms with van der Waals surface area (Å²) in [6, 6.07) is 8.51. The second kappa shape index (κ2) is 8.56. The Morgan fingerprint density at radius 1 is 1.25 bits per heavy atom. The first-order valence-corrected chi connectivity index (χ1v) is 10.3. The Labute approximate surface area is 188 Å². The van der Waals surface area contributed by atoms with Crippen molar-refractivity contribution in [3.05, 3.63) is 47.7 Å². The Hall–Kier alpha value is -2.90. The quantitative estimate of drug-likeness (QED) is 0.467. The fourth-order valence-electron chi connectivity index (χ4n) is 3.77. The molecule has 2 saturated heterocycles. The van der Waals surface area contributed by atoms with Crippen LogP contribution in [0.5, 0.6) is 0 Å². The van der Waals surface area contributed by atoms with Gasteiger partial charge in [0.15, 0.2) is 17.1 Å². The third-order valence-electron chi connectivity index (χ3n) is 5.10. The molecule has 4 rings (SSSR count). The summed E-state index contributed by atoms with van der Waals surface area (Å²) in [6.07, 6.45) is -1.40. The maximum Gasteiger partial charge on any atom is 0.257 e. The molecular formula is C20H23N5O6S. The summed E-state index contributed by atoms with van der Waals surface area (Å²) in [4.78, 5) is 24.4. The average Bonchev–Trinajstić information content (AvgIpc) is 3.39. The molecule has 4 atom stereocenters. The molecule has 32 heavy (non-hydrogen) atoms. The number of ether oxygens (including phenoxy) is 3. The number of amides is 2. The van der Waals surface area contributed by atoms with E-state index in [1.807, 2.05) is 0 Å². The van der Waals surface area contributed by atoms with Gasteiger partial charge in [0.2, 0.25) is 0 Å². The van der Waals surface area contributed by atoms with Gasteiger partial charge in [-0.25, -0.2) is 4.68 Å². The average molecular weight is 462 g/mol. The zero-order chi connectivity index (χ0) is 23.0. The fourth-order valence-corrected chi connectivity index (χ4v) is 3.96. The van der Waals surface area contributed by atoms with E-state index < -0.39 is 42.1 Å². The second-order valence-corrected chi connectivity index (χ2v) is 8.21. The molecule has 0 spiro atoms. The number of anilines is 1. The molecular weight excluding hydrogens is 438 g/mol. The predicted octanol–water partition coefficient (Wildman–Crippen LogP) is 0.519. The number of aliphatic hydroxyl groups excluding tert-OH is 1. The minimum Gasteiger partial charge on any atom is -0.394 e. The number of carbonyl (C=O) groups is 2. The van der Waals surface area contributed by atoms with E-state index in [1.165, 1.54) is 10.9 Å². The van der Waals surface area contributed by atoms with E-state index in [4.69, 9.17) is 32.2 Å². The van der Waals surface area contributed by atoms with E-state index in [1.54, 1.807) is 44.2 Å². The summed E-state index contributed by atoms with van der Waals surface area (Å²) in [5, 5.41) is 19.2. The molecule has 5 N–H and O–H groups in total. The number of rotatable bonds is 5. The van der Waals surface area contributed by atoms with E-state index in [-0.39, 0.29) is 23.1 Å². The number of aromatic nitrogens is 2. The van der Waals surface area contributed by atoms with Crippen molar-refractivity contribution in [3.63, 3.8) is 0 Å². The Bertz CT molecular complexity index is 1040. The lowest BCUT2D eigenvalue weighted by Crippen LogP contribution is -2.36. The highest BCUT2D eigenvalue weighted by atomic mass is 32.1. The Kier molecular flexibility index (Phi) is 5.97. The number of nitrogens with one attached hydrogen (secondary N) is 2. The minimum atomic E-state index is -0.892. The van der Waals surface area contributed by atoms with Gasteiger partial charge in [0.25, 0.3) is 11.8 Å². The first-order chi connectivity index (χ1) is 15.2. The number of fused-ring (bicyclic) bond motifs is 1. The topological polar surface area (TPSA) is 150 Å². The number of aliphatic hydroxyl groups is 1. The molecule has 2 aliphatic heterocycles. The molecule has 0 aliphatic carbocycles. The van der Waals surface area contributed by atoms with Crippen LogP contribution in [0.25, 0.3) is 0 Å². The van der Waals surface area contributed by atoms with Gasteiger partial charge in [0, 0.05) is 5.56 Å². The molecule has 3 heterocycles. The van der Waals surface area contributed by atoms with Gasteiger partial charge in [0.05, 0.1) is 12.8 Å². The highest BCUT2D eigenvalue weighted by molar-refractivity contribution is 7.80. The van der Waals surface area contributed by atoms with Crippen LogP contribution in [0.3, 0.4) is 0 Å². The fraction of sp³-hybridized carbons (Fsp3) is 0.400. The summed E-state index contributed by atoms with van der Waals surface area (Å²) in [7, 11) is 0. The number of thiocarbonyl (C=S) groups is 1. The second-order valence-electron chi connectivity index (χ2n) is 7.80. The van der Waals surface area contributed by atoms with Gasteiger partial charge >= 0.3 is 0 Å². The Morgan fingerprint density at radius 3 is 2.59 bits per heavy atom. The lowest BCUT2D eigenvalue weighted by Gasteiger charge is -2.24. The van der Waals surface area contributed by atoms with Gasteiger partial charge in [-0.3, -0.25) is 14.9 Å². The third kappa shape index (κ3) is 4.23. The van der Waals surface area contributed by atoms with Crippen LogP contribution in [0.2, 0.25) is 0 Å². The van der Waals surface area contributed by atoms with Gasteiger partial charge < -0.3 is 30.4 Å². The maximum atomic E-state index is 12.4. The lowest BCUT2D eigenvalue weighted by atomic mass is 10.1. The Morgan fingerprint density at radius 2 is 1.94 bits per heavy atom. The van der Waals surface area contributed by atoms with Gasteiger partial charge in [-0.2, -0.15) is 5.10 Å². The molecule has 170 valence electrons. The van der Waals surface area contributed by atoms with Crippen molar-refractivity contribution in [2.75, 3.05) is 11.9 Å². The van der Waals surface area contributed by atoms with Crippen LogP contribution in [0.15, 0.2) is 36.5 Å². The number of primary amides is 1. The smallest absolute Gasteiger partial charge is 0.257 e. The van der Waals surface area contributed by atoms with Crippen molar-refractivity contribution >= 4 is 35.0 Å². The molecule has 0 bridgehead atoms. The van der Waals surface area contributed by atoms with Crippen LogP contribution in [0, 0.1) is 0 Å². The number of benzene rings is 1. The van der Waals surface area contributed by atoms with E-state index in [9.17, 15) is 14.7 Å². The van der Waals surface area contributed by atoms with Crippen molar-refractivity contribution < 1.29 is 28.9 Å². The van der Waals surface area contributed by atoms with Crippen molar-refractivity contribution in [1.82, 2.24) is 15.1 Å². The number of hydrogen-bond acceptors (Lipinski definition) is 8. The molecule has 1 aromatic carbocycles. The lowest BCUT2D eigenvalue weighted by molar-refractivity contribution is -0.201. The van der Waals surface area contributed by atoms with Crippen molar-refractivity contribution in [3.8, 4) is 0 Å². The van der Waals surface area contributed by atoms with Gasteiger partial charge in [-0.1, -0.05) is 18.2 Å². The highest BCUT2D eigenvalue weighted by Gasteiger charge is 2.56. The molecule has 12 heteroatoms. The molecule has 1 aromatic heterocycles. The predicted molar refractivity (Wildman–Crippen MR) is 116 cm³/mol. The van der Waals surface area contributed by atoms with Crippen LogP contribution in [0.1, 0.15) is 40.8 Å². The first-order valence-electron chi connectivity index (χ1n) is 9.87. The Balaban J connectivity index is 1.59. The minimum absolute atomic E-state index is 0.0343. The monoisotopic (exact) mass is 461 g/mol. The van der Waals surface area contributed by atoms with E-state index in [0.29, 0.717) is 5.56 Å². The largest absolute Gasteiger partial charge is 0.394 e. The summed E-state index contributed by atoms with van der Waals surface area (Å²) < 4.78 is 19.1. The van der Waals surface area contributed by atoms with Crippen LogP contribution >= 0.6 is 12.2 Å². The number of carbonyl (C=O) groups excluding carboxylic acids is 2. The molecule has 2 aromatic rings. The SMILES string of the molecule is CC1(C)OC2[C@@H](CO)O[C@@H](n3ncc(C(N)=O)c3NC(=S)NC(=O)c3ccccc3)[C@H]2O1. The third-order valence-corrected chi connectivity index (χ3v) is 5.31. The van der Waals surface area contributed by atoms with Crippen LogP contribution in [-0.4, -0.2) is 62.5 Å². The molecule has 2 fully saturated rings. The van der Waals surface area contributed by atoms with Gasteiger partial charge in [-0.05, 0) is 38.2 Å². The van der Waals surface area contributed by atoms with Crippen LogP contribution in [0.4, 0.5) is 5.82 Å². The summed E-state index contributed by atoms with van der Waals surface area (Å²) in [5.41, 5.74) is 5.94. The maximum absolute atomic E-state index is 12.4. The van der Waals surface area contributed by atoms with Crippen molar-refractivity contribution in [1.29, 1.82) is 0 Å². The zero-order valence-corrected chi connectivity index (χ0v) is 18.2. The zero-order valence-electron chi connectivity index (χ0n) is 17.3. The molecule has 2 amide bonds. The molecule has 1 unspecified atom stereocenters. The molecule has 11 nitrogen and oxygen atoms in total. The standard InChI is InChI=1S/C20H23N5O6S/c1-20(2)30-13-12(9-26)29-18(14(13)31-20)25-16(11(8-22-25)15(21)27)23-19(32)24-17(28)10-6-4-3-5-7-10/h3-8,12-14,18,26H,9H2,1-2H3,(H2,21,27)(H2,23,24,28,32)/t12-,13?,14+,18-/m1/s1. The van der Waals surface area contributed by atoms with E-state index in [0.717, 1.165) is 0 Å². The van der Waals surface area contributed by atoms with Crippen LogP contribution < -0.4 is 16.4 Å². The number of nitrogens with two attached hydrogens (primary N) is 1. The number of nitrogens with zero attached hydrogens (tertiary/aromatic N) is 2. The molecule has 0 saturated carbocycles. The summed E-state index contributed by atoms with van der Waals surface area (Å²) in [5.74, 6) is -1.96. The van der Waals surface area contributed by atoms with Gasteiger partial charge in [-0.15, -0.1) is 0 Å². The number of hydrogen-bond donors (Lipinski definition) is 4. The summed E-state index contributed by atoms with van der Waals surface area (Å²) >= 11 is 5.26. The molecule has 2 aliphatic rings. The van der Waals surface area contributed by atoms with Crippen molar-refractivity contribution in [2.24, 2.45) is 5.73 Å². The van der Waals surface area contributed by atoms with E-state index in [2.05, 4.69) is 15.7 Å². The highest BCUT2D eigenvalue weighted by Crippen LogP contribution is 2.43. The van der Waals surface area contributed by atoms with Crippen LogP contribution in [-0.2, 0) is 14.2 Å². The first kappa shape index (κ1) is 22.3. The summed E-state index contributed by atoms with van der Waals surface area (Å²) in [6.45, 7) is 3.21. The normalized spacial score (nSPS) is 25.8.